The number of piperazine rings is 1. The van der Waals surface area contributed by atoms with Crippen LogP contribution in [0.1, 0.15) is 258 Å². The van der Waals surface area contributed by atoms with E-state index in [9.17, 15) is 58.3 Å². The number of benzene rings is 5. The Balaban J connectivity index is 0.000000105. The van der Waals surface area contributed by atoms with Crippen molar-refractivity contribution >= 4 is 17.9 Å². The summed E-state index contributed by atoms with van der Waals surface area (Å²) in [4.78, 5) is 36.2. The van der Waals surface area contributed by atoms with E-state index >= 15 is 0 Å². The number of ketones is 2. The molecule has 8 fully saturated rings. The smallest absolute Gasteiger partial charge is 0.207 e. The van der Waals surface area contributed by atoms with Gasteiger partial charge in [-0.2, -0.15) is 40.8 Å². The van der Waals surface area contributed by atoms with Crippen LogP contribution in [0.25, 0.3) is 56.3 Å². The zero-order valence-electron chi connectivity index (χ0n) is 75.1. The molecule has 13 atom stereocenters. The van der Waals surface area contributed by atoms with E-state index in [2.05, 4.69) is 128 Å². The van der Waals surface area contributed by atoms with Crippen LogP contribution in [-0.2, 0) is 41.5 Å². The second-order valence-electron chi connectivity index (χ2n) is 41.2. The normalized spacial score (nSPS) is 29.2. The lowest BCUT2D eigenvalue weighted by molar-refractivity contribution is -0.136. The predicted octanol–water partition coefficient (Wildman–Crippen LogP) is 19.9. The van der Waals surface area contributed by atoms with E-state index in [0.29, 0.717) is 65.2 Å². The van der Waals surface area contributed by atoms with Crippen molar-refractivity contribution in [3.8, 4) is 56.3 Å². The fraction of sp³-hybridized carbons (Fsp3) is 0.485. The van der Waals surface area contributed by atoms with Crippen LogP contribution in [0.15, 0.2) is 121 Å². The Bertz CT molecular complexity index is 5790. The summed E-state index contributed by atoms with van der Waals surface area (Å²) in [7, 11) is 0. The van der Waals surface area contributed by atoms with Gasteiger partial charge in [0, 0.05) is 48.0 Å². The number of fused-ring (bicyclic) bond motifs is 25. The number of hydrogen-bond acceptors (Lipinski definition) is 17. The molecule has 10 bridgehead atoms. The molecule has 0 spiro atoms. The van der Waals surface area contributed by atoms with Crippen LogP contribution < -0.4 is 21.3 Å². The summed E-state index contributed by atoms with van der Waals surface area (Å²) in [5, 5.41) is 57.8. The Labute approximate surface area is 750 Å². The fourth-order valence-electron chi connectivity index (χ4n) is 28.5. The van der Waals surface area contributed by atoms with E-state index in [1.54, 1.807) is 19.1 Å². The first kappa shape index (κ1) is 88.9. The van der Waals surface area contributed by atoms with Gasteiger partial charge in [0.05, 0.1) is 95.6 Å². The van der Waals surface area contributed by atoms with Gasteiger partial charge in [-0.05, 0) is 298 Å². The lowest BCUT2D eigenvalue weighted by Gasteiger charge is -2.46. The van der Waals surface area contributed by atoms with Gasteiger partial charge in [-0.1, -0.05) is 106 Å². The molecule has 0 radical (unpaired) electrons. The van der Waals surface area contributed by atoms with E-state index in [1.165, 1.54) is 117 Å². The Hall–Kier alpha value is -10.4. The second-order valence-corrected chi connectivity index (χ2v) is 41.2. The van der Waals surface area contributed by atoms with E-state index < -0.39 is 80.2 Å². The third-order valence-corrected chi connectivity index (χ3v) is 34.9. The topological polar surface area (TPSA) is 228 Å². The van der Waals surface area contributed by atoms with Crippen LogP contribution in [0.3, 0.4) is 0 Å². The molecule has 4 N–H and O–H groups in total. The molecular weight excluding hydrogens is 1670 g/mol. The predicted molar refractivity (Wildman–Crippen MR) is 472 cm³/mol. The minimum absolute atomic E-state index is 0.00418. The number of hydrogen-bond donors (Lipinski definition) is 4. The highest BCUT2D eigenvalue weighted by atomic mass is 19.2. The molecule has 8 heterocycles. The first-order valence-electron chi connectivity index (χ1n) is 46.1. The number of nitrogens with one attached hydrogen (secondary N) is 4. The molecule has 678 valence electrons. The SMILES string of the molecule is CC(=O)[C@@]12CC[C@@H](c3cc(-c4c(F)cccc4F)nnc31)C2(C)C.CC1(C)[C@H]2CC[C@]1(C(=O)C=O)c1nnc(-c3c(F)cccc3F)cc12.CC1(C)[C@H]2CC[C@]1(C1CCCCN1)c1nnc(-c3c(F)cccc3F)cc12.CC1(C)[C@H]2CC[C@]1(C1CCCNC1)c1nnc(-c3c(F)cccc3F)cc12.CC1(C)[C@H]2CC[C@]1(C1CNCCN1)c1nnc(-c3c(F)cccc3F)cc12. The molecule has 10 aliphatic carbocycles. The summed E-state index contributed by atoms with van der Waals surface area (Å²) >= 11 is 0. The number of Topliss-reactive ketones (excluding diaryl/α,β-unsaturated/α-hetero) is 2. The van der Waals surface area contributed by atoms with Crippen LogP contribution in [0, 0.1) is 91.2 Å². The molecule has 27 heteroatoms. The number of carbonyl (C=O) groups is 3. The average molecular weight is 1780 g/mol. The van der Waals surface area contributed by atoms with E-state index in [1.807, 2.05) is 32.0 Å². The lowest BCUT2D eigenvalue weighted by Crippen LogP contribution is -2.61. The number of halogens is 10. The van der Waals surface area contributed by atoms with Crippen molar-refractivity contribution in [2.45, 2.75) is 241 Å². The van der Waals surface area contributed by atoms with Crippen molar-refractivity contribution in [3.05, 3.63) is 236 Å². The third kappa shape index (κ3) is 12.7. The standard InChI is InChI=1S/2C22H25F2N3.C21H24F2N4.C19H16F2N2O2.C19H18F2N2O/c1-21(2)15-8-9-22(21,13-5-4-10-25-12-13)20-14(15)11-18(26-27-20)19-16(23)6-3-7-17(19)24;1-21(2)14-9-10-22(21,18-8-3-4-11-25-18)20-13(14)12-17(26-27-20)19-15(23)6-5-7-16(19)24;1-20(2)13-6-7-21(20,17-11-24-8-9-25-17)19-12(13)10-16(26-27-19)18-14(22)4-3-5-15(18)23;1-18(2)11-6-7-19(18,15(25)9-24)17-10(11)8-14(22-23-17)16-12(20)4-3-5-13(16)21;1-10(24)19-8-7-12(18(19,2)3)11-9-15(22-23-17(11)19)16-13(20)5-4-6-14(16)21/h3,6-7,11,13,15,25H,4-5,8-10,12H2,1-2H3;5-7,12,14,18,25H,3-4,8-11H2,1-2H3;3-5,10,13,17,24-25H,6-9,11H2,1-2H3;3-5,8-9,11H,6-7H2,1-2H3;4-6,9,12H,7-8H2,1-3H3/t13?,15-,22-;14-,18?,22-;13-,17?,21-;11-,19-;12-,19-/m00000/s1. The first-order chi connectivity index (χ1) is 62.0. The molecule has 3 unspecified atom stereocenters. The van der Waals surface area contributed by atoms with Gasteiger partial charge in [0.2, 0.25) is 5.78 Å². The Morgan fingerprint density at radius 3 is 0.977 bits per heavy atom. The average Bonchev–Trinajstić information content (AvgIpc) is 1.76. The van der Waals surface area contributed by atoms with Crippen LogP contribution in [-0.4, -0.2) is 120 Å². The van der Waals surface area contributed by atoms with Crippen molar-refractivity contribution < 1.29 is 58.3 Å². The van der Waals surface area contributed by atoms with E-state index in [-0.39, 0.29) is 106 Å². The van der Waals surface area contributed by atoms with Gasteiger partial charge in [-0.3, -0.25) is 14.4 Å². The minimum atomic E-state index is -0.992. The maximum Gasteiger partial charge on any atom is 0.207 e. The number of carbonyl (C=O) groups excluding carboxylic acids is 3. The number of rotatable bonds is 11. The number of nitrogens with zero attached hydrogens (tertiary/aromatic N) is 10. The maximum absolute atomic E-state index is 14.3. The Morgan fingerprint density at radius 1 is 0.323 bits per heavy atom. The van der Waals surface area contributed by atoms with Gasteiger partial charge in [0.25, 0.3) is 0 Å². The zero-order valence-corrected chi connectivity index (χ0v) is 75.1. The fourth-order valence-corrected chi connectivity index (χ4v) is 28.5. The molecular formula is C103H108F10N14O3. The molecule has 10 aromatic rings. The minimum Gasteiger partial charge on any atom is -0.316 e. The van der Waals surface area contributed by atoms with Crippen molar-refractivity contribution in [2.24, 2.45) is 33.0 Å². The highest BCUT2D eigenvalue weighted by molar-refractivity contribution is 6.30. The highest BCUT2D eigenvalue weighted by Crippen LogP contribution is 2.74. The molecule has 3 saturated heterocycles. The van der Waals surface area contributed by atoms with Gasteiger partial charge in [0.1, 0.15) is 64.0 Å². The third-order valence-electron chi connectivity index (χ3n) is 34.9. The number of aromatic nitrogens is 10. The van der Waals surface area contributed by atoms with Gasteiger partial charge in [-0.15, -0.1) is 10.2 Å². The summed E-state index contributed by atoms with van der Waals surface area (Å²) in [6.07, 6.45) is 15.9. The van der Waals surface area contributed by atoms with Gasteiger partial charge >= 0.3 is 0 Å². The number of aldehydes is 1. The van der Waals surface area contributed by atoms with E-state index in [0.717, 1.165) is 148 Å². The Kier molecular flexibility index (Phi) is 22.1. The van der Waals surface area contributed by atoms with Crippen molar-refractivity contribution in [2.75, 3.05) is 39.3 Å². The van der Waals surface area contributed by atoms with Crippen LogP contribution in [0.4, 0.5) is 43.9 Å². The number of piperidine rings is 2. The van der Waals surface area contributed by atoms with Crippen molar-refractivity contribution in [1.29, 1.82) is 0 Å². The lowest BCUT2D eigenvalue weighted by atomic mass is 9.59. The van der Waals surface area contributed by atoms with Crippen LogP contribution >= 0.6 is 0 Å². The zero-order chi connectivity index (χ0) is 91.7. The molecule has 0 amide bonds. The summed E-state index contributed by atoms with van der Waals surface area (Å²) in [5.41, 5.74) is 7.67. The van der Waals surface area contributed by atoms with Crippen molar-refractivity contribution in [1.82, 2.24) is 72.3 Å². The Morgan fingerprint density at radius 2 is 0.631 bits per heavy atom. The van der Waals surface area contributed by atoms with Crippen LogP contribution in [0.5, 0.6) is 0 Å². The molecule has 130 heavy (non-hydrogen) atoms. The molecule has 3 aliphatic heterocycles. The first-order valence-corrected chi connectivity index (χ1v) is 46.1. The molecule has 13 aliphatic rings. The molecule has 5 aromatic heterocycles. The van der Waals surface area contributed by atoms with Gasteiger partial charge in [0.15, 0.2) is 6.29 Å². The monoisotopic (exact) mass is 1780 g/mol. The molecule has 5 saturated carbocycles. The quantitative estimate of drug-likeness (QED) is 0.0536. The second kappa shape index (κ2) is 32.3. The maximum atomic E-state index is 14.3. The summed E-state index contributed by atoms with van der Waals surface area (Å²) in [5.74, 6) is -4.94. The summed E-state index contributed by atoms with van der Waals surface area (Å²) in [6.45, 7) is 29.6. The van der Waals surface area contributed by atoms with Crippen LogP contribution in [0.2, 0.25) is 0 Å². The van der Waals surface area contributed by atoms with Gasteiger partial charge in [-0.25, -0.2) is 43.9 Å². The summed E-state index contributed by atoms with van der Waals surface area (Å²) < 4.78 is 142. The highest BCUT2D eigenvalue weighted by Gasteiger charge is 2.72. The summed E-state index contributed by atoms with van der Waals surface area (Å²) in [6, 6.07) is 28.9. The van der Waals surface area contributed by atoms with Crippen molar-refractivity contribution in [3.63, 3.8) is 0 Å². The molecule has 23 rings (SSSR count). The molecule has 17 nitrogen and oxygen atoms in total. The van der Waals surface area contributed by atoms with Gasteiger partial charge < -0.3 is 21.3 Å². The van der Waals surface area contributed by atoms with E-state index in [4.69, 9.17) is 0 Å². The largest absolute Gasteiger partial charge is 0.316 e. The molecule has 5 aromatic carbocycles.